The summed E-state index contributed by atoms with van der Waals surface area (Å²) in [5.41, 5.74) is 0.353. The van der Waals surface area contributed by atoms with E-state index in [9.17, 15) is 9.18 Å². The molecule has 0 unspecified atom stereocenters. The monoisotopic (exact) mass is 396 g/mol. The second kappa shape index (κ2) is 6.71. The fourth-order valence-electron chi connectivity index (χ4n) is 4.58. The van der Waals surface area contributed by atoms with Crippen LogP contribution in [-0.2, 0) is 0 Å². The second-order valence-corrected chi connectivity index (χ2v) is 8.83. The second-order valence-electron chi connectivity index (χ2n) is 8.83. The Morgan fingerprint density at radius 3 is 2.45 bits per heavy atom. The zero-order chi connectivity index (χ0) is 20.2. The van der Waals surface area contributed by atoms with Crippen molar-refractivity contribution < 1.29 is 4.39 Å². The van der Waals surface area contributed by atoms with Crippen molar-refractivity contribution in [3.05, 3.63) is 46.2 Å². The van der Waals surface area contributed by atoms with Crippen LogP contribution < -0.4 is 5.56 Å². The summed E-state index contributed by atoms with van der Waals surface area (Å²) < 4.78 is 16.0. The molecule has 152 valence electrons. The van der Waals surface area contributed by atoms with Crippen LogP contribution in [0.4, 0.5) is 4.39 Å². The molecule has 7 nitrogen and oxygen atoms in total. The average Bonchev–Trinajstić information content (AvgIpc) is 3.07. The fraction of sp³-hybridized carbons (Fsp3) is 0.571. The highest BCUT2D eigenvalue weighted by molar-refractivity contribution is 5.73. The SMILES string of the molecule is Cc1cnc([C@H]2CC[C@H]2c2nc3c(cnn3C3CCC(C)(F)CC3)c(=O)[nH]2)nc1. The van der Waals surface area contributed by atoms with E-state index in [4.69, 9.17) is 4.98 Å². The van der Waals surface area contributed by atoms with Crippen LogP contribution in [0.2, 0.25) is 0 Å². The largest absolute Gasteiger partial charge is 0.310 e. The molecule has 0 radical (unpaired) electrons. The molecule has 0 aromatic carbocycles. The third kappa shape index (κ3) is 3.24. The van der Waals surface area contributed by atoms with Crippen LogP contribution in [0.1, 0.15) is 80.5 Å². The highest BCUT2D eigenvalue weighted by Crippen LogP contribution is 2.46. The highest BCUT2D eigenvalue weighted by Gasteiger charge is 2.38. The number of H-pyrrole nitrogens is 1. The molecule has 0 saturated heterocycles. The topological polar surface area (TPSA) is 89.4 Å². The summed E-state index contributed by atoms with van der Waals surface area (Å²) in [4.78, 5) is 29.4. The van der Waals surface area contributed by atoms with Crippen molar-refractivity contribution in [2.75, 3.05) is 0 Å². The third-order valence-electron chi connectivity index (χ3n) is 6.58. The first-order valence-corrected chi connectivity index (χ1v) is 10.4. The first-order valence-electron chi connectivity index (χ1n) is 10.4. The molecule has 3 aromatic rings. The van der Waals surface area contributed by atoms with E-state index >= 15 is 0 Å². The Bertz CT molecular complexity index is 1090. The first-order chi connectivity index (χ1) is 13.9. The Hall–Kier alpha value is -2.64. The van der Waals surface area contributed by atoms with Gasteiger partial charge in [0, 0.05) is 24.2 Å². The quantitative estimate of drug-likeness (QED) is 0.729. The van der Waals surface area contributed by atoms with Gasteiger partial charge in [-0.05, 0) is 57.9 Å². The van der Waals surface area contributed by atoms with Crippen molar-refractivity contribution >= 4 is 11.0 Å². The van der Waals surface area contributed by atoms with E-state index in [0.29, 0.717) is 42.5 Å². The van der Waals surface area contributed by atoms with E-state index < -0.39 is 5.67 Å². The molecule has 5 rings (SSSR count). The van der Waals surface area contributed by atoms with Crippen LogP contribution in [0.25, 0.3) is 11.0 Å². The summed E-state index contributed by atoms with van der Waals surface area (Å²) in [6, 6.07) is 0.0797. The molecule has 0 spiro atoms. The molecule has 29 heavy (non-hydrogen) atoms. The Kier molecular flexibility index (Phi) is 4.26. The molecule has 2 fully saturated rings. The Balaban J connectivity index is 1.48. The van der Waals surface area contributed by atoms with Gasteiger partial charge in [0.2, 0.25) is 0 Å². The Morgan fingerprint density at radius 1 is 1.10 bits per heavy atom. The first kappa shape index (κ1) is 18.4. The summed E-state index contributed by atoms with van der Waals surface area (Å²) in [5, 5.41) is 4.94. The normalized spacial score (nSPS) is 29.7. The average molecular weight is 396 g/mol. The molecule has 0 amide bonds. The van der Waals surface area contributed by atoms with Crippen molar-refractivity contribution in [1.29, 1.82) is 0 Å². The lowest BCUT2D eigenvalue weighted by Crippen LogP contribution is -2.29. The van der Waals surface area contributed by atoms with Gasteiger partial charge in [0.1, 0.15) is 22.7 Å². The van der Waals surface area contributed by atoms with Crippen molar-refractivity contribution in [2.45, 2.75) is 75.9 Å². The standard InChI is InChI=1S/C21H25FN6O/c1-12-9-23-17(24-10-12)14-3-4-15(14)18-26-19-16(20(29)27-18)11-25-28(19)13-5-7-21(2,22)8-6-13/h9-11,13-15H,3-8H2,1-2H3,(H,26,27,29)/t13?,14-,15+,21?/m0/s1. The van der Waals surface area contributed by atoms with Gasteiger partial charge < -0.3 is 4.98 Å². The number of alkyl halides is 1. The number of aromatic amines is 1. The summed E-state index contributed by atoms with van der Waals surface area (Å²) >= 11 is 0. The number of rotatable bonds is 3. The molecule has 3 heterocycles. The number of fused-ring (bicyclic) bond motifs is 1. The number of hydrogen-bond acceptors (Lipinski definition) is 5. The molecule has 2 atom stereocenters. The predicted molar refractivity (Wildman–Crippen MR) is 107 cm³/mol. The molecule has 2 aliphatic carbocycles. The van der Waals surface area contributed by atoms with Gasteiger partial charge in [0.25, 0.3) is 5.56 Å². The fourth-order valence-corrected chi connectivity index (χ4v) is 4.58. The summed E-state index contributed by atoms with van der Waals surface area (Å²) in [5.74, 6) is 1.74. The van der Waals surface area contributed by atoms with Gasteiger partial charge in [-0.2, -0.15) is 5.10 Å². The number of aromatic nitrogens is 6. The maximum Gasteiger partial charge on any atom is 0.262 e. The lowest BCUT2D eigenvalue weighted by molar-refractivity contribution is 0.103. The van der Waals surface area contributed by atoms with E-state index in [1.807, 2.05) is 24.0 Å². The van der Waals surface area contributed by atoms with E-state index in [0.717, 1.165) is 24.2 Å². The molecular weight excluding hydrogens is 371 g/mol. The zero-order valence-electron chi connectivity index (χ0n) is 16.7. The van der Waals surface area contributed by atoms with Crippen LogP contribution in [0.5, 0.6) is 0 Å². The predicted octanol–water partition coefficient (Wildman–Crippen LogP) is 3.72. The van der Waals surface area contributed by atoms with Crippen molar-refractivity contribution in [3.63, 3.8) is 0 Å². The molecule has 0 aliphatic heterocycles. The van der Waals surface area contributed by atoms with Gasteiger partial charge in [0.05, 0.1) is 12.2 Å². The van der Waals surface area contributed by atoms with E-state index in [1.54, 1.807) is 13.1 Å². The van der Waals surface area contributed by atoms with Crippen LogP contribution in [0, 0.1) is 6.92 Å². The zero-order valence-corrected chi connectivity index (χ0v) is 16.7. The van der Waals surface area contributed by atoms with Gasteiger partial charge in [0.15, 0.2) is 5.65 Å². The summed E-state index contributed by atoms with van der Waals surface area (Å²) in [6.07, 6.45) is 9.57. The lowest BCUT2D eigenvalue weighted by atomic mass is 9.72. The molecule has 2 saturated carbocycles. The molecule has 8 heteroatoms. The minimum atomic E-state index is -1.11. The number of nitrogens with one attached hydrogen (secondary N) is 1. The number of hydrogen-bond donors (Lipinski definition) is 1. The summed E-state index contributed by atoms with van der Waals surface area (Å²) in [7, 11) is 0. The number of nitrogens with zero attached hydrogens (tertiary/aromatic N) is 5. The van der Waals surface area contributed by atoms with Crippen molar-refractivity contribution in [3.8, 4) is 0 Å². The van der Waals surface area contributed by atoms with Crippen molar-refractivity contribution in [1.82, 2.24) is 29.7 Å². The third-order valence-corrected chi connectivity index (χ3v) is 6.58. The maximum absolute atomic E-state index is 14.2. The Labute approximate surface area is 167 Å². The molecule has 2 aliphatic rings. The minimum absolute atomic E-state index is 0.0797. The smallest absolute Gasteiger partial charge is 0.262 e. The van der Waals surface area contributed by atoms with Crippen LogP contribution >= 0.6 is 0 Å². The van der Waals surface area contributed by atoms with Gasteiger partial charge in [-0.1, -0.05) is 0 Å². The summed E-state index contributed by atoms with van der Waals surface area (Å²) in [6.45, 7) is 3.63. The highest BCUT2D eigenvalue weighted by atomic mass is 19.1. The molecule has 0 bridgehead atoms. The Morgan fingerprint density at radius 2 is 1.79 bits per heavy atom. The van der Waals surface area contributed by atoms with Crippen LogP contribution in [0.15, 0.2) is 23.4 Å². The van der Waals surface area contributed by atoms with Gasteiger partial charge in [-0.15, -0.1) is 0 Å². The molecular formula is C21H25FN6O. The molecule has 1 N–H and O–H groups in total. The van der Waals surface area contributed by atoms with Gasteiger partial charge in [-0.3, -0.25) is 4.79 Å². The van der Waals surface area contributed by atoms with Crippen LogP contribution in [-0.4, -0.2) is 35.4 Å². The number of halogens is 1. The maximum atomic E-state index is 14.2. The molecule has 3 aromatic heterocycles. The van der Waals surface area contributed by atoms with E-state index in [2.05, 4.69) is 20.1 Å². The number of aryl methyl sites for hydroxylation is 1. The van der Waals surface area contributed by atoms with E-state index in [-0.39, 0.29) is 23.4 Å². The van der Waals surface area contributed by atoms with Gasteiger partial charge in [-0.25, -0.2) is 24.0 Å². The lowest BCUT2D eigenvalue weighted by Gasteiger charge is -2.34. The van der Waals surface area contributed by atoms with Crippen LogP contribution in [0.3, 0.4) is 0 Å². The minimum Gasteiger partial charge on any atom is -0.310 e. The van der Waals surface area contributed by atoms with Crippen molar-refractivity contribution in [2.24, 2.45) is 0 Å². The van der Waals surface area contributed by atoms with E-state index in [1.165, 1.54) is 0 Å². The van der Waals surface area contributed by atoms with Gasteiger partial charge >= 0.3 is 0 Å².